The lowest BCUT2D eigenvalue weighted by molar-refractivity contribution is -0.141. The Hall–Kier alpha value is -1.57. The summed E-state index contributed by atoms with van der Waals surface area (Å²) in [5.74, 6) is -0.238. The molecule has 1 aromatic heterocycles. The number of nitrogens with two attached hydrogens (primary N) is 1. The quantitative estimate of drug-likeness (QED) is 0.890. The van der Waals surface area contributed by atoms with Crippen molar-refractivity contribution in [2.45, 2.75) is 32.0 Å². The van der Waals surface area contributed by atoms with Gasteiger partial charge in [0.2, 0.25) is 5.95 Å². The van der Waals surface area contributed by atoms with Crippen LogP contribution >= 0.6 is 0 Å². The van der Waals surface area contributed by atoms with E-state index in [9.17, 15) is 13.2 Å². The first-order valence-corrected chi connectivity index (χ1v) is 6.59. The van der Waals surface area contributed by atoms with Crippen LogP contribution in [0, 0.1) is 0 Å². The van der Waals surface area contributed by atoms with E-state index >= 15 is 0 Å². The minimum Gasteiger partial charge on any atom is -0.368 e. The molecule has 1 aliphatic rings. The predicted octanol–water partition coefficient (Wildman–Crippen LogP) is 1.97. The molecule has 0 saturated carbocycles. The van der Waals surface area contributed by atoms with Crippen LogP contribution in [-0.2, 0) is 6.18 Å². The molecule has 20 heavy (non-hydrogen) atoms. The SMILES string of the molecule is CCN1CCCC(Nc2cc(C(F)(F)F)nc(N)n2)C1. The van der Waals surface area contributed by atoms with Crippen LogP contribution in [-0.4, -0.2) is 40.5 Å². The number of anilines is 2. The van der Waals surface area contributed by atoms with Gasteiger partial charge in [0.1, 0.15) is 5.82 Å². The lowest BCUT2D eigenvalue weighted by Gasteiger charge is -2.32. The van der Waals surface area contributed by atoms with Gasteiger partial charge in [0.15, 0.2) is 5.69 Å². The van der Waals surface area contributed by atoms with Gasteiger partial charge < -0.3 is 16.0 Å². The molecular formula is C12H18F3N5. The van der Waals surface area contributed by atoms with E-state index < -0.39 is 11.9 Å². The van der Waals surface area contributed by atoms with E-state index in [0.29, 0.717) is 0 Å². The van der Waals surface area contributed by atoms with Crippen molar-refractivity contribution in [1.82, 2.24) is 14.9 Å². The van der Waals surface area contributed by atoms with Crippen LogP contribution in [0.15, 0.2) is 6.07 Å². The second-order valence-electron chi connectivity index (χ2n) is 4.87. The molecule has 1 aromatic rings. The van der Waals surface area contributed by atoms with Gasteiger partial charge in [-0.05, 0) is 25.9 Å². The summed E-state index contributed by atoms with van der Waals surface area (Å²) in [6.45, 7) is 4.81. The summed E-state index contributed by atoms with van der Waals surface area (Å²) >= 11 is 0. The number of nitrogen functional groups attached to an aromatic ring is 1. The number of nitrogens with zero attached hydrogens (tertiary/aromatic N) is 3. The van der Waals surface area contributed by atoms with Crippen LogP contribution < -0.4 is 11.1 Å². The standard InChI is InChI=1S/C12H18F3N5/c1-2-20-5-3-4-8(7-20)17-10-6-9(12(13,14)15)18-11(16)19-10/h6,8H,2-5,7H2,1H3,(H3,16,17,18,19). The maximum atomic E-state index is 12.7. The van der Waals surface area contributed by atoms with Gasteiger partial charge >= 0.3 is 6.18 Å². The molecule has 0 bridgehead atoms. The van der Waals surface area contributed by atoms with Gasteiger partial charge in [-0.25, -0.2) is 4.98 Å². The van der Waals surface area contributed by atoms with Crippen molar-refractivity contribution in [2.24, 2.45) is 0 Å². The third-order valence-corrected chi connectivity index (χ3v) is 3.34. The highest BCUT2D eigenvalue weighted by Gasteiger charge is 2.33. The van der Waals surface area contributed by atoms with Gasteiger partial charge in [-0.2, -0.15) is 18.2 Å². The lowest BCUT2D eigenvalue weighted by atomic mass is 10.1. The number of piperidine rings is 1. The molecule has 1 fully saturated rings. The number of halogens is 3. The number of rotatable bonds is 3. The number of hydrogen-bond acceptors (Lipinski definition) is 5. The number of aromatic nitrogens is 2. The first-order valence-electron chi connectivity index (χ1n) is 6.59. The predicted molar refractivity (Wildman–Crippen MR) is 70.2 cm³/mol. The fraction of sp³-hybridized carbons (Fsp3) is 0.667. The molecular weight excluding hydrogens is 271 g/mol. The zero-order valence-electron chi connectivity index (χ0n) is 11.2. The molecule has 1 unspecified atom stereocenters. The van der Waals surface area contributed by atoms with E-state index in [0.717, 1.165) is 38.5 Å². The first kappa shape index (κ1) is 14.8. The van der Waals surface area contributed by atoms with E-state index in [1.54, 1.807) is 0 Å². The van der Waals surface area contributed by atoms with Gasteiger partial charge in [-0.3, -0.25) is 0 Å². The van der Waals surface area contributed by atoms with Gasteiger partial charge in [-0.1, -0.05) is 6.92 Å². The normalized spacial score (nSPS) is 20.9. The third-order valence-electron chi connectivity index (χ3n) is 3.34. The van der Waals surface area contributed by atoms with E-state index in [-0.39, 0.29) is 17.8 Å². The van der Waals surface area contributed by atoms with Gasteiger partial charge in [0.25, 0.3) is 0 Å². The highest BCUT2D eigenvalue weighted by Crippen LogP contribution is 2.29. The molecule has 0 radical (unpaired) electrons. The molecule has 1 saturated heterocycles. The summed E-state index contributed by atoms with van der Waals surface area (Å²) in [7, 11) is 0. The Morgan fingerprint density at radius 1 is 1.45 bits per heavy atom. The molecule has 112 valence electrons. The molecule has 3 N–H and O–H groups in total. The largest absolute Gasteiger partial charge is 0.433 e. The molecule has 2 rings (SSSR count). The fourth-order valence-electron chi connectivity index (χ4n) is 2.35. The number of hydrogen-bond donors (Lipinski definition) is 2. The second-order valence-corrected chi connectivity index (χ2v) is 4.87. The van der Waals surface area contributed by atoms with E-state index in [4.69, 9.17) is 5.73 Å². The Balaban J connectivity index is 2.11. The van der Waals surface area contributed by atoms with Crippen molar-refractivity contribution in [3.05, 3.63) is 11.8 Å². The molecule has 2 heterocycles. The van der Waals surface area contributed by atoms with E-state index in [1.165, 1.54) is 0 Å². The van der Waals surface area contributed by atoms with Crippen LogP contribution in [0.25, 0.3) is 0 Å². The third kappa shape index (κ3) is 3.72. The summed E-state index contributed by atoms with van der Waals surface area (Å²) in [6.07, 6.45) is -2.60. The smallest absolute Gasteiger partial charge is 0.368 e. The minimum absolute atomic E-state index is 0.0825. The van der Waals surface area contributed by atoms with E-state index in [2.05, 4.69) is 27.1 Å². The van der Waals surface area contributed by atoms with Crippen molar-refractivity contribution in [3.63, 3.8) is 0 Å². The zero-order chi connectivity index (χ0) is 14.8. The number of nitrogens with one attached hydrogen (secondary N) is 1. The molecule has 0 amide bonds. The summed E-state index contributed by atoms with van der Waals surface area (Å²) in [5.41, 5.74) is 4.32. The zero-order valence-corrected chi connectivity index (χ0v) is 11.2. The van der Waals surface area contributed by atoms with Gasteiger partial charge in [0, 0.05) is 18.7 Å². The first-order chi connectivity index (χ1) is 9.38. The lowest BCUT2D eigenvalue weighted by Crippen LogP contribution is -2.42. The minimum atomic E-state index is -4.52. The molecule has 1 aliphatic heterocycles. The number of likely N-dealkylation sites (tertiary alicyclic amines) is 1. The van der Waals surface area contributed by atoms with Crippen molar-refractivity contribution in [2.75, 3.05) is 30.7 Å². The maximum Gasteiger partial charge on any atom is 0.433 e. The number of alkyl halides is 3. The van der Waals surface area contributed by atoms with Crippen molar-refractivity contribution >= 4 is 11.8 Å². The Morgan fingerprint density at radius 3 is 2.85 bits per heavy atom. The molecule has 8 heteroatoms. The summed E-state index contributed by atoms with van der Waals surface area (Å²) in [6, 6.07) is 0.987. The van der Waals surface area contributed by atoms with Crippen molar-refractivity contribution < 1.29 is 13.2 Å². The van der Waals surface area contributed by atoms with Gasteiger partial charge in [0.05, 0.1) is 0 Å². The molecule has 1 atom stereocenters. The molecule has 5 nitrogen and oxygen atoms in total. The Bertz CT molecular complexity index is 463. The van der Waals surface area contributed by atoms with Crippen molar-refractivity contribution in [1.29, 1.82) is 0 Å². The highest BCUT2D eigenvalue weighted by molar-refractivity contribution is 5.42. The summed E-state index contributed by atoms with van der Waals surface area (Å²) in [5, 5.41) is 3.03. The molecule has 0 spiro atoms. The van der Waals surface area contributed by atoms with Crippen molar-refractivity contribution in [3.8, 4) is 0 Å². The van der Waals surface area contributed by atoms with Crippen LogP contribution in [0.3, 0.4) is 0 Å². The fourth-order valence-corrected chi connectivity index (χ4v) is 2.35. The maximum absolute atomic E-state index is 12.7. The molecule has 0 aliphatic carbocycles. The Morgan fingerprint density at radius 2 is 2.20 bits per heavy atom. The average Bonchev–Trinajstić information content (AvgIpc) is 2.37. The summed E-state index contributed by atoms with van der Waals surface area (Å²) in [4.78, 5) is 9.30. The topological polar surface area (TPSA) is 67.1 Å². The average molecular weight is 289 g/mol. The van der Waals surface area contributed by atoms with Crippen LogP contribution in [0.1, 0.15) is 25.5 Å². The monoisotopic (exact) mass is 289 g/mol. The Kier molecular flexibility index (Phi) is 4.32. The Labute approximate surface area is 115 Å². The molecule has 0 aromatic carbocycles. The summed E-state index contributed by atoms with van der Waals surface area (Å²) < 4.78 is 38.0. The number of likely N-dealkylation sites (N-methyl/N-ethyl adjacent to an activating group) is 1. The second kappa shape index (κ2) is 5.82. The highest BCUT2D eigenvalue weighted by atomic mass is 19.4. The van der Waals surface area contributed by atoms with Crippen LogP contribution in [0.5, 0.6) is 0 Å². The van der Waals surface area contributed by atoms with E-state index in [1.807, 2.05) is 0 Å². The van der Waals surface area contributed by atoms with Crippen LogP contribution in [0.2, 0.25) is 0 Å². The van der Waals surface area contributed by atoms with Crippen LogP contribution in [0.4, 0.5) is 24.9 Å². The van der Waals surface area contributed by atoms with Gasteiger partial charge in [-0.15, -0.1) is 0 Å².